The van der Waals surface area contributed by atoms with Crippen molar-refractivity contribution >= 4 is 28.6 Å². The Balaban J connectivity index is 1.35. The lowest BCUT2D eigenvalue weighted by Crippen LogP contribution is -2.61. The number of hydrogen-bond acceptors (Lipinski definition) is 5. The molecule has 2 aromatic heterocycles. The molecule has 38 heavy (non-hydrogen) atoms. The van der Waals surface area contributed by atoms with Gasteiger partial charge in [0, 0.05) is 51.4 Å². The number of para-hydroxylation sites is 1. The van der Waals surface area contributed by atoms with Crippen molar-refractivity contribution in [3.05, 3.63) is 63.2 Å². The Morgan fingerprint density at radius 1 is 1.21 bits per heavy atom. The first-order valence-electron chi connectivity index (χ1n) is 13.7. The SMILES string of the molecule is CSc1cc(C)[nH]c(=O)c1CNC(=O)c1c(C)n([C@H](C)C2CCC(NC3(C)COC3)CC2)c2ccccc12. The number of amides is 1. The lowest BCUT2D eigenvalue weighted by atomic mass is 9.81. The van der Waals surface area contributed by atoms with Crippen molar-refractivity contribution < 1.29 is 9.53 Å². The maximum Gasteiger partial charge on any atom is 0.254 e. The molecule has 3 N–H and O–H groups in total. The van der Waals surface area contributed by atoms with E-state index in [1.165, 1.54) is 24.6 Å². The number of benzene rings is 1. The van der Waals surface area contributed by atoms with E-state index >= 15 is 0 Å². The van der Waals surface area contributed by atoms with E-state index in [9.17, 15) is 9.59 Å². The molecule has 1 aliphatic heterocycles. The average molecular weight is 537 g/mol. The fourth-order valence-corrected chi connectivity index (χ4v) is 7.14. The van der Waals surface area contributed by atoms with E-state index in [4.69, 9.17) is 4.74 Å². The highest BCUT2D eigenvalue weighted by atomic mass is 32.2. The summed E-state index contributed by atoms with van der Waals surface area (Å²) in [5.74, 6) is 0.416. The Morgan fingerprint density at radius 3 is 2.58 bits per heavy atom. The monoisotopic (exact) mass is 536 g/mol. The molecular weight excluding hydrogens is 496 g/mol. The van der Waals surface area contributed by atoms with Gasteiger partial charge in [-0.05, 0) is 77.7 Å². The summed E-state index contributed by atoms with van der Waals surface area (Å²) < 4.78 is 7.79. The fraction of sp³-hybridized carbons (Fsp3) is 0.533. The molecule has 1 saturated carbocycles. The summed E-state index contributed by atoms with van der Waals surface area (Å²) >= 11 is 1.52. The zero-order valence-electron chi connectivity index (χ0n) is 23.1. The van der Waals surface area contributed by atoms with E-state index < -0.39 is 0 Å². The quantitative estimate of drug-likeness (QED) is 0.349. The fourth-order valence-electron chi connectivity index (χ4n) is 6.44. The number of aryl methyl sites for hydroxylation is 1. The first-order chi connectivity index (χ1) is 18.2. The highest BCUT2D eigenvalue weighted by Gasteiger charge is 2.37. The molecule has 8 heteroatoms. The minimum absolute atomic E-state index is 0.138. The number of thioether (sulfide) groups is 1. The molecule has 0 spiro atoms. The topological polar surface area (TPSA) is 88.2 Å². The molecule has 3 heterocycles. The van der Waals surface area contributed by atoms with Gasteiger partial charge in [0.05, 0.1) is 24.3 Å². The zero-order chi connectivity index (χ0) is 27.0. The largest absolute Gasteiger partial charge is 0.377 e. The number of nitrogens with zero attached hydrogens (tertiary/aromatic N) is 1. The van der Waals surface area contributed by atoms with Crippen LogP contribution in [0.3, 0.4) is 0 Å². The van der Waals surface area contributed by atoms with E-state index in [0.29, 0.717) is 23.1 Å². The summed E-state index contributed by atoms with van der Waals surface area (Å²) in [5, 5.41) is 7.84. The molecule has 2 fully saturated rings. The van der Waals surface area contributed by atoms with Gasteiger partial charge >= 0.3 is 0 Å². The number of nitrogens with one attached hydrogen (secondary N) is 3. The van der Waals surface area contributed by atoms with Crippen molar-refractivity contribution in [2.75, 3.05) is 19.5 Å². The highest BCUT2D eigenvalue weighted by molar-refractivity contribution is 7.98. The minimum Gasteiger partial charge on any atom is -0.377 e. The number of rotatable bonds is 8. The lowest BCUT2D eigenvalue weighted by Gasteiger charge is -2.44. The van der Waals surface area contributed by atoms with E-state index in [-0.39, 0.29) is 29.6 Å². The molecule has 1 aliphatic carbocycles. The number of carbonyl (C=O) groups is 1. The Labute approximate surface area is 229 Å². The number of hydrogen-bond donors (Lipinski definition) is 3. The van der Waals surface area contributed by atoms with Gasteiger partial charge in [0.15, 0.2) is 0 Å². The summed E-state index contributed by atoms with van der Waals surface area (Å²) in [4.78, 5) is 29.9. The van der Waals surface area contributed by atoms with Gasteiger partial charge in [0.1, 0.15) is 0 Å². The van der Waals surface area contributed by atoms with Crippen LogP contribution in [-0.4, -0.2) is 46.5 Å². The van der Waals surface area contributed by atoms with Gasteiger partial charge in [-0.25, -0.2) is 0 Å². The van der Waals surface area contributed by atoms with Gasteiger partial charge in [0.2, 0.25) is 0 Å². The van der Waals surface area contributed by atoms with Crippen LogP contribution in [0.25, 0.3) is 10.9 Å². The van der Waals surface area contributed by atoms with Gasteiger partial charge in [0.25, 0.3) is 11.5 Å². The summed E-state index contributed by atoms with van der Waals surface area (Å²) in [6.45, 7) is 10.3. The van der Waals surface area contributed by atoms with Crippen LogP contribution in [0.1, 0.15) is 72.9 Å². The Morgan fingerprint density at radius 2 is 1.92 bits per heavy atom. The predicted octanol–water partition coefficient (Wildman–Crippen LogP) is 5.10. The number of aromatic amines is 1. The van der Waals surface area contributed by atoms with Gasteiger partial charge in [-0.15, -0.1) is 11.8 Å². The summed E-state index contributed by atoms with van der Waals surface area (Å²) in [5.41, 5.74) is 4.19. The van der Waals surface area contributed by atoms with Crippen molar-refractivity contribution in [3.63, 3.8) is 0 Å². The number of H-pyrrole nitrogens is 1. The van der Waals surface area contributed by atoms with Gasteiger partial charge in [-0.3, -0.25) is 9.59 Å². The Bertz CT molecular complexity index is 1380. The number of fused-ring (bicyclic) bond motifs is 1. The molecule has 0 radical (unpaired) electrons. The number of pyridine rings is 1. The van der Waals surface area contributed by atoms with Crippen LogP contribution >= 0.6 is 11.8 Å². The third kappa shape index (κ3) is 5.18. The molecule has 0 unspecified atom stereocenters. The van der Waals surface area contributed by atoms with Crippen LogP contribution in [0.2, 0.25) is 0 Å². The van der Waals surface area contributed by atoms with Crippen molar-refractivity contribution in [1.29, 1.82) is 0 Å². The summed E-state index contributed by atoms with van der Waals surface area (Å²) in [6.07, 6.45) is 6.61. The number of ether oxygens (including phenoxy) is 1. The molecular formula is C30H40N4O3S. The highest BCUT2D eigenvalue weighted by Crippen LogP contribution is 2.38. The lowest BCUT2D eigenvalue weighted by molar-refractivity contribution is -0.0719. The molecule has 1 aromatic carbocycles. The Kier molecular flexibility index (Phi) is 7.76. The summed E-state index contributed by atoms with van der Waals surface area (Å²) in [6, 6.07) is 11.0. The molecule has 5 rings (SSSR count). The first-order valence-corrected chi connectivity index (χ1v) is 14.9. The molecule has 1 amide bonds. The van der Waals surface area contributed by atoms with Gasteiger partial charge in [-0.2, -0.15) is 0 Å². The van der Waals surface area contributed by atoms with E-state index in [2.05, 4.69) is 47.0 Å². The van der Waals surface area contributed by atoms with E-state index in [1.807, 2.05) is 37.4 Å². The minimum atomic E-state index is -0.147. The standard InChI is InChI=1S/C30H40N4O3S/c1-18-14-26(38-5)24(28(35)32-18)15-31-29(36)27-20(3)34(25-9-7-6-8-23(25)27)19(2)21-10-12-22(13-11-21)33-30(4)16-37-17-30/h6-9,14,19,21-22,33H,10-13,15-17H2,1-5H3,(H,31,36)(H,32,35)/t19-,21?,22?/m1/s1. The third-order valence-electron chi connectivity index (χ3n) is 8.51. The van der Waals surface area contributed by atoms with E-state index in [0.717, 1.165) is 53.2 Å². The molecule has 1 saturated heterocycles. The maximum absolute atomic E-state index is 13.6. The van der Waals surface area contributed by atoms with Crippen LogP contribution in [-0.2, 0) is 11.3 Å². The van der Waals surface area contributed by atoms with Crippen molar-refractivity contribution in [2.24, 2.45) is 5.92 Å². The van der Waals surface area contributed by atoms with Crippen LogP contribution in [0.4, 0.5) is 0 Å². The third-order valence-corrected chi connectivity index (χ3v) is 9.32. The molecule has 2 aliphatic rings. The van der Waals surface area contributed by atoms with Crippen molar-refractivity contribution in [1.82, 2.24) is 20.2 Å². The van der Waals surface area contributed by atoms with Gasteiger partial charge in [-0.1, -0.05) is 18.2 Å². The number of aromatic nitrogens is 2. The molecule has 3 aromatic rings. The van der Waals surface area contributed by atoms with Crippen LogP contribution in [0.5, 0.6) is 0 Å². The summed E-state index contributed by atoms with van der Waals surface area (Å²) in [7, 11) is 0. The van der Waals surface area contributed by atoms with Crippen molar-refractivity contribution in [2.45, 2.75) is 82.4 Å². The molecule has 1 atom stereocenters. The molecule has 7 nitrogen and oxygen atoms in total. The second-order valence-electron chi connectivity index (χ2n) is 11.4. The first kappa shape index (κ1) is 27.0. The van der Waals surface area contributed by atoms with E-state index in [1.54, 1.807) is 0 Å². The molecule has 204 valence electrons. The second kappa shape index (κ2) is 10.9. The number of carbonyl (C=O) groups excluding carboxylic acids is 1. The van der Waals surface area contributed by atoms with Crippen LogP contribution in [0, 0.1) is 19.8 Å². The van der Waals surface area contributed by atoms with Gasteiger partial charge < -0.3 is 24.9 Å². The smallest absolute Gasteiger partial charge is 0.254 e. The Hall–Kier alpha value is -2.55. The average Bonchev–Trinajstić information content (AvgIpc) is 3.18. The second-order valence-corrected chi connectivity index (χ2v) is 12.3. The normalized spacial score (nSPS) is 21.7. The maximum atomic E-state index is 13.6. The molecule has 0 bridgehead atoms. The van der Waals surface area contributed by atoms with Crippen LogP contribution < -0.4 is 16.2 Å². The van der Waals surface area contributed by atoms with Crippen LogP contribution in [0.15, 0.2) is 40.0 Å². The zero-order valence-corrected chi connectivity index (χ0v) is 24.0. The van der Waals surface area contributed by atoms with Crippen molar-refractivity contribution in [3.8, 4) is 0 Å². The predicted molar refractivity (Wildman–Crippen MR) is 154 cm³/mol.